The van der Waals surface area contributed by atoms with Crippen LogP contribution in [0.25, 0.3) is 0 Å². The molecule has 0 aliphatic heterocycles. The zero-order valence-electron chi connectivity index (χ0n) is 6.27. The number of rotatable bonds is 3. The Morgan fingerprint density at radius 3 is 2.67 bits per heavy atom. The summed E-state index contributed by atoms with van der Waals surface area (Å²) < 4.78 is 3.58. The van der Waals surface area contributed by atoms with Crippen LogP contribution in [0.15, 0.2) is 0 Å². The van der Waals surface area contributed by atoms with Crippen LogP contribution in [-0.4, -0.2) is 26.4 Å². The van der Waals surface area contributed by atoms with Crippen LogP contribution in [0.4, 0.5) is 0 Å². The first kappa shape index (κ1) is 8.79. The number of Topliss-reactive ketones (excluding diaryl/α,β-unsaturated/α-hetero) is 1. The van der Waals surface area contributed by atoms with E-state index in [1.54, 1.807) is 6.92 Å². The Morgan fingerprint density at radius 2 is 2.25 bits per heavy atom. The van der Waals surface area contributed by atoms with E-state index in [4.69, 9.17) is 5.11 Å². The molecule has 1 rings (SSSR count). The zero-order valence-corrected chi connectivity index (χ0v) is 7.09. The predicted molar refractivity (Wildman–Crippen MR) is 41.0 cm³/mol. The van der Waals surface area contributed by atoms with Crippen LogP contribution in [0, 0.1) is 6.92 Å². The topological polar surface area (TPSA) is 80.2 Å². The van der Waals surface area contributed by atoms with Crippen molar-refractivity contribution < 1.29 is 14.7 Å². The SMILES string of the molecule is Cc1nnsc1CC(=O)C(=O)O. The van der Waals surface area contributed by atoms with E-state index in [1.165, 1.54) is 0 Å². The molecule has 1 aromatic rings. The molecule has 0 aliphatic carbocycles. The summed E-state index contributed by atoms with van der Waals surface area (Å²) in [6.45, 7) is 1.69. The van der Waals surface area contributed by atoms with Crippen LogP contribution in [0.2, 0.25) is 0 Å². The molecule has 64 valence electrons. The van der Waals surface area contributed by atoms with Gasteiger partial charge in [-0.3, -0.25) is 4.79 Å². The first-order chi connectivity index (χ1) is 5.61. The van der Waals surface area contributed by atoms with E-state index in [0.717, 1.165) is 11.5 Å². The quantitative estimate of drug-likeness (QED) is 0.674. The van der Waals surface area contributed by atoms with Crippen molar-refractivity contribution in [3.8, 4) is 0 Å². The van der Waals surface area contributed by atoms with Crippen LogP contribution in [0.1, 0.15) is 10.6 Å². The number of carboxylic acids is 1. The molecule has 6 heteroatoms. The van der Waals surface area contributed by atoms with Crippen molar-refractivity contribution in [3.63, 3.8) is 0 Å². The van der Waals surface area contributed by atoms with Gasteiger partial charge in [0.2, 0.25) is 5.78 Å². The fraction of sp³-hybridized carbons (Fsp3) is 0.333. The van der Waals surface area contributed by atoms with Gasteiger partial charge in [0.05, 0.1) is 17.0 Å². The molecule has 0 unspecified atom stereocenters. The Morgan fingerprint density at radius 1 is 1.58 bits per heavy atom. The minimum Gasteiger partial charge on any atom is -0.475 e. The Bertz CT molecular complexity index is 320. The van der Waals surface area contributed by atoms with Gasteiger partial charge in [0, 0.05) is 0 Å². The third-order valence-corrected chi connectivity index (χ3v) is 2.13. The molecule has 0 bridgehead atoms. The Kier molecular flexibility index (Phi) is 2.49. The highest BCUT2D eigenvalue weighted by Crippen LogP contribution is 2.09. The molecule has 1 N–H and O–H groups in total. The standard InChI is InChI=1S/C6H6N2O3S/c1-3-5(12-8-7-3)2-4(9)6(10)11/h2H2,1H3,(H,10,11). The van der Waals surface area contributed by atoms with Crippen molar-refractivity contribution >= 4 is 23.3 Å². The van der Waals surface area contributed by atoms with Crippen LogP contribution >= 0.6 is 11.5 Å². The summed E-state index contributed by atoms with van der Waals surface area (Å²) in [5, 5.41) is 11.9. The molecule has 0 aliphatic rings. The number of hydrogen-bond acceptors (Lipinski definition) is 5. The van der Waals surface area contributed by atoms with Crippen LogP contribution in [0.5, 0.6) is 0 Å². The van der Waals surface area contributed by atoms with Gasteiger partial charge in [-0.05, 0) is 18.5 Å². The number of aromatic nitrogens is 2. The number of carbonyl (C=O) groups is 2. The Hall–Kier alpha value is -1.30. The second-order valence-corrected chi connectivity index (χ2v) is 3.03. The minimum atomic E-state index is -1.41. The third-order valence-electron chi connectivity index (χ3n) is 1.31. The summed E-state index contributed by atoms with van der Waals surface area (Å²) in [4.78, 5) is 21.5. The summed E-state index contributed by atoms with van der Waals surface area (Å²) in [6, 6.07) is 0. The van der Waals surface area contributed by atoms with Crippen LogP contribution in [-0.2, 0) is 16.0 Å². The molecule has 0 aromatic carbocycles. The fourth-order valence-electron chi connectivity index (χ4n) is 0.634. The van der Waals surface area contributed by atoms with Gasteiger partial charge in [0.15, 0.2) is 0 Å². The first-order valence-electron chi connectivity index (χ1n) is 3.15. The van der Waals surface area contributed by atoms with Crippen LogP contribution < -0.4 is 0 Å². The molecule has 0 saturated carbocycles. The van der Waals surface area contributed by atoms with Crippen molar-refractivity contribution in [2.24, 2.45) is 0 Å². The molecule has 0 fully saturated rings. The van der Waals surface area contributed by atoms with Crippen molar-refractivity contribution in [2.75, 3.05) is 0 Å². The molecule has 1 heterocycles. The van der Waals surface area contributed by atoms with Crippen molar-refractivity contribution in [1.29, 1.82) is 0 Å². The minimum absolute atomic E-state index is 0.112. The number of carbonyl (C=O) groups excluding carboxylic acids is 1. The zero-order chi connectivity index (χ0) is 9.14. The third kappa shape index (κ3) is 1.85. The van der Waals surface area contributed by atoms with Gasteiger partial charge in [-0.1, -0.05) is 4.49 Å². The maximum atomic E-state index is 10.7. The Labute approximate surface area is 72.2 Å². The average molecular weight is 186 g/mol. The van der Waals surface area contributed by atoms with Crippen molar-refractivity contribution in [3.05, 3.63) is 10.6 Å². The number of aliphatic carboxylic acids is 1. The number of aryl methyl sites for hydroxylation is 1. The molecule has 0 amide bonds. The van der Waals surface area contributed by atoms with E-state index in [1.807, 2.05) is 0 Å². The smallest absolute Gasteiger partial charge is 0.372 e. The summed E-state index contributed by atoms with van der Waals surface area (Å²) in [5.74, 6) is -2.24. The highest BCUT2D eigenvalue weighted by Gasteiger charge is 2.15. The highest BCUT2D eigenvalue weighted by molar-refractivity contribution is 7.05. The highest BCUT2D eigenvalue weighted by atomic mass is 32.1. The lowest BCUT2D eigenvalue weighted by molar-refractivity contribution is -0.148. The summed E-state index contributed by atoms with van der Waals surface area (Å²) in [6.07, 6.45) is -0.112. The number of hydrogen-bond donors (Lipinski definition) is 1. The second-order valence-electron chi connectivity index (χ2n) is 2.19. The maximum absolute atomic E-state index is 10.7. The summed E-state index contributed by atoms with van der Waals surface area (Å²) in [7, 11) is 0. The molecule has 1 aromatic heterocycles. The monoisotopic (exact) mass is 186 g/mol. The largest absolute Gasteiger partial charge is 0.475 e. The van der Waals surface area contributed by atoms with E-state index in [0.29, 0.717) is 10.6 Å². The van der Waals surface area contributed by atoms with Gasteiger partial charge in [-0.25, -0.2) is 4.79 Å². The number of ketones is 1. The van der Waals surface area contributed by atoms with E-state index in [2.05, 4.69) is 9.59 Å². The summed E-state index contributed by atoms with van der Waals surface area (Å²) >= 11 is 1.05. The molecule has 0 saturated heterocycles. The molecule has 12 heavy (non-hydrogen) atoms. The van der Waals surface area contributed by atoms with Gasteiger partial charge in [0.1, 0.15) is 0 Å². The molecular weight excluding hydrogens is 180 g/mol. The maximum Gasteiger partial charge on any atom is 0.372 e. The van der Waals surface area contributed by atoms with E-state index >= 15 is 0 Å². The molecule has 0 atom stereocenters. The molecular formula is C6H6N2O3S. The lowest BCUT2D eigenvalue weighted by atomic mass is 10.2. The number of nitrogens with zero attached hydrogens (tertiary/aromatic N) is 2. The average Bonchev–Trinajstić information content (AvgIpc) is 2.36. The van der Waals surface area contributed by atoms with Crippen molar-refractivity contribution in [2.45, 2.75) is 13.3 Å². The van der Waals surface area contributed by atoms with Gasteiger partial charge < -0.3 is 5.11 Å². The first-order valence-corrected chi connectivity index (χ1v) is 3.92. The molecule has 0 spiro atoms. The Balaban J connectivity index is 2.71. The lowest BCUT2D eigenvalue weighted by Crippen LogP contribution is -2.14. The number of carboxylic acid groups (broad SMARTS) is 1. The van der Waals surface area contributed by atoms with Crippen molar-refractivity contribution in [1.82, 2.24) is 9.59 Å². The second kappa shape index (κ2) is 3.40. The van der Waals surface area contributed by atoms with Gasteiger partial charge in [-0.2, -0.15) is 0 Å². The van der Waals surface area contributed by atoms with E-state index < -0.39 is 11.8 Å². The van der Waals surface area contributed by atoms with Crippen LogP contribution in [0.3, 0.4) is 0 Å². The molecule has 0 radical (unpaired) electrons. The lowest BCUT2D eigenvalue weighted by Gasteiger charge is -1.90. The van der Waals surface area contributed by atoms with E-state index in [-0.39, 0.29) is 6.42 Å². The van der Waals surface area contributed by atoms with E-state index in [9.17, 15) is 9.59 Å². The van der Waals surface area contributed by atoms with Gasteiger partial charge in [-0.15, -0.1) is 5.10 Å². The normalized spacial score (nSPS) is 9.75. The summed E-state index contributed by atoms with van der Waals surface area (Å²) in [5.41, 5.74) is 0.620. The molecule has 5 nitrogen and oxygen atoms in total. The predicted octanol–water partition coefficient (Wildman–Crippen LogP) is 0.0427. The van der Waals surface area contributed by atoms with Gasteiger partial charge >= 0.3 is 5.97 Å². The van der Waals surface area contributed by atoms with Gasteiger partial charge in [0.25, 0.3) is 0 Å². The fourth-order valence-corrected chi connectivity index (χ4v) is 1.26.